The van der Waals surface area contributed by atoms with E-state index in [1.54, 1.807) is 14.2 Å². The molecule has 4 heteroatoms. The maximum Gasteiger partial charge on any atom is 0.126 e. The Morgan fingerprint density at radius 1 is 1.00 bits per heavy atom. The number of aryl methyl sites for hydroxylation is 1. The number of benzene rings is 2. The summed E-state index contributed by atoms with van der Waals surface area (Å²) in [5, 5.41) is 0. The first-order chi connectivity index (χ1) is 11.2. The third kappa shape index (κ3) is 4.39. The van der Waals surface area contributed by atoms with Crippen LogP contribution in [0, 0.1) is 6.92 Å². The van der Waals surface area contributed by atoms with Crippen molar-refractivity contribution < 1.29 is 14.2 Å². The summed E-state index contributed by atoms with van der Waals surface area (Å²) >= 11 is 0. The van der Waals surface area contributed by atoms with Crippen molar-refractivity contribution in [3.05, 3.63) is 53.6 Å². The molecule has 124 valence electrons. The molecule has 0 aromatic heterocycles. The van der Waals surface area contributed by atoms with Crippen molar-refractivity contribution in [2.24, 2.45) is 5.73 Å². The van der Waals surface area contributed by atoms with Crippen LogP contribution < -0.4 is 19.9 Å². The van der Waals surface area contributed by atoms with Crippen LogP contribution in [0.1, 0.15) is 23.5 Å². The van der Waals surface area contributed by atoms with E-state index in [1.807, 2.05) is 49.4 Å². The quantitative estimate of drug-likeness (QED) is 0.810. The van der Waals surface area contributed by atoms with E-state index in [2.05, 4.69) is 0 Å². The van der Waals surface area contributed by atoms with Gasteiger partial charge >= 0.3 is 0 Å². The fourth-order valence-electron chi connectivity index (χ4n) is 2.59. The molecule has 4 nitrogen and oxygen atoms in total. The average Bonchev–Trinajstić information content (AvgIpc) is 2.60. The molecular weight excluding hydrogens is 290 g/mol. The maximum absolute atomic E-state index is 5.97. The van der Waals surface area contributed by atoms with Crippen molar-refractivity contribution in [2.75, 3.05) is 27.4 Å². The summed E-state index contributed by atoms with van der Waals surface area (Å²) in [6.45, 7) is 3.20. The number of hydrogen-bond acceptors (Lipinski definition) is 4. The molecule has 2 aromatic carbocycles. The minimum atomic E-state index is 0.180. The van der Waals surface area contributed by atoms with Crippen LogP contribution in [0.3, 0.4) is 0 Å². The van der Waals surface area contributed by atoms with E-state index in [1.165, 1.54) is 0 Å². The van der Waals surface area contributed by atoms with Crippen molar-refractivity contribution in [2.45, 2.75) is 19.3 Å². The van der Waals surface area contributed by atoms with Crippen LogP contribution in [0.4, 0.5) is 0 Å². The van der Waals surface area contributed by atoms with Crippen LogP contribution in [0.5, 0.6) is 17.2 Å². The first-order valence-electron chi connectivity index (χ1n) is 7.80. The number of hydrogen-bond donors (Lipinski definition) is 1. The Morgan fingerprint density at radius 2 is 1.78 bits per heavy atom. The zero-order chi connectivity index (χ0) is 16.7. The predicted octanol–water partition coefficient (Wildman–Crippen LogP) is 3.52. The first kappa shape index (κ1) is 17.2. The van der Waals surface area contributed by atoms with Gasteiger partial charge < -0.3 is 19.9 Å². The fourth-order valence-corrected chi connectivity index (χ4v) is 2.59. The van der Waals surface area contributed by atoms with Crippen molar-refractivity contribution in [1.82, 2.24) is 0 Å². The van der Waals surface area contributed by atoms with Gasteiger partial charge in [0.2, 0.25) is 0 Å². The number of ether oxygens (including phenoxy) is 3. The van der Waals surface area contributed by atoms with Gasteiger partial charge in [-0.2, -0.15) is 0 Å². The number of methoxy groups -OCH3 is 2. The van der Waals surface area contributed by atoms with Crippen molar-refractivity contribution in [3.63, 3.8) is 0 Å². The highest BCUT2D eigenvalue weighted by atomic mass is 16.5. The Kier molecular flexibility index (Phi) is 6.29. The highest BCUT2D eigenvalue weighted by Gasteiger charge is 2.16. The molecule has 0 fully saturated rings. The lowest BCUT2D eigenvalue weighted by Crippen LogP contribution is -2.16. The van der Waals surface area contributed by atoms with Gasteiger partial charge in [0.05, 0.1) is 20.8 Å². The Hall–Kier alpha value is -2.20. The molecule has 23 heavy (non-hydrogen) atoms. The summed E-state index contributed by atoms with van der Waals surface area (Å²) < 4.78 is 16.6. The van der Waals surface area contributed by atoms with Gasteiger partial charge in [-0.3, -0.25) is 0 Å². The first-order valence-corrected chi connectivity index (χ1v) is 7.80. The second-order valence-electron chi connectivity index (χ2n) is 5.44. The van der Waals surface area contributed by atoms with Gasteiger partial charge in [-0.05, 0) is 43.1 Å². The normalized spacial score (nSPS) is 11.8. The monoisotopic (exact) mass is 315 g/mol. The lowest BCUT2D eigenvalue weighted by Gasteiger charge is -2.19. The molecule has 0 bridgehead atoms. The van der Waals surface area contributed by atoms with Gasteiger partial charge in [0.25, 0.3) is 0 Å². The molecule has 0 radical (unpaired) electrons. The lowest BCUT2D eigenvalue weighted by atomic mass is 9.95. The molecule has 0 saturated carbocycles. The smallest absolute Gasteiger partial charge is 0.126 e. The van der Waals surface area contributed by atoms with E-state index in [4.69, 9.17) is 19.9 Å². The summed E-state index contributed by atoms with van der Waals surface area (Å²) in [6.07, 6.45) is 0.827. The van der Waals surface area contributed by atoms with Gasteiger partial charge in [-0.25, -0.2) is 0 Å². The van der Waals surface area contributed by atoms with Crippen LogP contribution in [-0.4, -0.2) is 27.4 Å². The second-order valence-corrected chi connectivity index (χ2v) is 5.44. The van der Waals surface area contributed by atoms with Gasteiger partial charge in [0.1, 0.15) is 17.2 Å². The molecule has 0 aliphatic rings. The third-order valence-corrected chi connectivity index (χ3v) is 3.98. The van der Waals surface area contributed by atoms with Gasteiger partial charge in [-0.15, -0.1) is 0 Å². The van der Waals surface area contributed by atoms with Gasteiger partial charge in [0.15, 0.2) is 0 Å². The zero-order valence-corrected chi connectivity index (χ0v) is 14.0. The van der Waals surface area contributed by atoms with Crippen molar-refractivity contribution in [1.29, 1.82) is 0 Å². The highest BCUT2D eigenvalue weighted by Crippen LogP contribution is 2.32. The maximum atomic E-state index is 5.97. The molecule has 0 aliphatic carbocycles. The van der Waals surface area contributed by atoms with E-state index in [9.17, 15) is 0 Å². The average molecular weight is 315 g/mol. The number of rotatable bonds is 8. The molecular formula is C19H25NO3. The van der Waals surface area contributed by atoms with Crippen molar-refractivity contribution in [3.8, 4) is 17.2 Å². The number of para-hydroxylation sites is 1. The predicted molar refractivity (Wildman–Crippen MR) is 92.6 cm³/mol. The Balaban J connectivity index is 2.04. The van der Waals surface area contributed by atoms with Gasteiger partial charge in [-0.1, -0.05) is 24.3 Å². The molecule has 2 rings (SSSR count). The molecule has 0 saturated heterocycles. The molecule has 0 heterocycles. The SMILES string of the molecule is COc1ccc(C(CN)CCOc2ccccc2C)c(OC)c1. The summed E-state index contributed by atoms with van der Waals surface area (Å²) in [5.41, 5.74) is 8.19. The minimum Gasteiger partial charge on any atom is -0.497 e. The standard InChI is InChI=1S/C19H25NO3/c1-14-6-4-5-7-18(14)23-11-10-15(13-20)17-9-8-16(21-2)12-19(17)22-3/h4-9,12,15H,10-11,13,20H2,1-3H3. The van der Waals surface area contributed by atoms with E-state index in [0.29, 0.717) is 13.2 Å². The number of nitrogens with two attached hydrogens (primary N) is 1. The molecule has 1 unspecified atom stereocenters. The summed E-state index contributed by atoms with van der Waals surface area (Å²) in [5.74, 6) is 2.68. The Bertz CT molecular complexity index is 628. The van der Waals surface area contributed by atoms with Crippen LogP contribution in [-0.2, 0) is 0 Å². The molecule has 0 aliphatic heterocycles. The third-order valence-electron chi connectivity index (χ3n) is 3.98. The lowest BCUT2D eigenvalue weighted by molar-refractivity contribution is 0.294. The van der Waals surface area contributed by atoms with Crippen LogP contribution in [0.2, 0.25) is 0 Å². The molecule has 1 atom stereocenters. The van der Waals surface area contributed by atoms with E-state index < -0.39 is 0 Å². The molecule has 0 spiro atoms. The van der Waals surface area contributed by atoms with Crippen molar-refractivity contribution >= 4 is 0 Å². The largest absolute Gasteiger partial charge is 0.497 e. The van der Waals surface area contributed by atoms with Crippen LogP contribution in [0.15, 0.2) is 42.5 Å². The molecule has 2 aromatic rings. The summed E-state index contributed by atoms with van der Waals surface area (Å²) in [6, 6.07) is 13.9. The van der Waals surface area contributed by atoms with E-state index in [-0.39, 0.29) is 5.92 Å². The fraction of sp³-hybridized carbons (Fsp3) is 0.368. The van der Waals surface area contributed by atoms with Crippen LogP contribution in [0.25, 0.3) is 0 Å². The topological polar surface area (TPSA) is 53.7 Å². The Morgan fingerprint density at radius 3 is 2.43 bits per heavy atom. The zero-order valence-electron chi connectivity index (χ0n) is 14.0. The minimum absolute atomic E-state index is 0.180. The highest BCUT2D eigenvalue weighted by molar-refractivity contribution is 5.43. The second kappa shape index (κ2) is 8.44. The van der Waals surface area contributed by atoms with E-state index >= 15 is 0 Å². The summed E-state index contributed by atoms with van der Waals surface area (Å²) in [4.78, 5) is 0. The van der Waals surface area contributed by atoms with Crippen LogP contribution >= 0.6 is 0 Å². The van der Waals surface area contributed by atoms with E-state index in [0.717, 1.165) is 34.8 Å². The Labute approximate surface area is 138 Å². The molecule has 0 amide bonds. The molecule has 2 N–H and O–H groups in total. The summed E-state index contributed by atoms with van der Waals surface area (Å²) in [7, 11) is 3.31. The van der Waals surface area contributed by atoms with Gasteiger partial charge in [0, 0.05) is 12.0 Å².